The van der Waals surface area contributed by atoms with Gasteiger partial charge < -0.3 is 21.5 Å². The molecule has 1 aromatic rings. The van der Waals surface area contributed by atoms with Crippen LogP contribution in [0, 0.1) is 13.8 Å². The van der Waals surface area contributed by atoms with Crippen LogP contribution < -0.4 is 16.4 Å². The summed E-state index contributed by atoms with van der Waals surface area (Å²) in [5, 5.41) is 13.7. The number of aryl methyl sites for hydroxylation is 2. The monoisotopic (exact) mass is 265 g/mol. The first-order valence-electron chi connectivity index (χ1n) is 5.49. The average molecular weight is 265 g/mol. The van der Waals surface area contributed by atoms with Gasteiger partial charge in [0.1, 0.15) is 0 Å². The number of hydrogen-bond donors (Lipinski definition) is 4. The number of benzene rings is 1. The number of rotatable bonds is 4. The highest BCUT2D eigenvalue weighted by Gasteiger charge is 2.15. The Kier molecular flexibility index (Phi) is 4.46. The largest absolute Gasteiger partial charge is 0.478 e. The molecular weight excluding hydrogens is 250 g/mol. The van der Waals surface area contributed by atoms with E-state index in [-0.39, 0.29) is 17.8 Å². The molecule has 0 spiro atoms. The smallest absolute Gasteiger partial charge is 0.337 e. The quantitative estimate of drug-likeness (QED) is 0.637. The van der Waals surface area contributed by atoms with Gasteiger partial charge in [-0.2, -0.15) is 0 Å². The predicted octanol–water partition coefficient (Wildman–Crippen LogP) is 0.608. The predicted molar refractivity (Wildman–Crippen MR) is 69.1 cm³/mol. The van der Waals surface area contributed by atoms with Gasteiger partial charge in [-0.05, 0) is 31.0 Å². The summed E-state index contributed by atoms with van der Waals surface area (Å²) < 4.78 is 0. The average Bonchev–Trinajstić information content (AvgIpc) is 2.29. The van der Waals surface area contributed by atoms with E-state index in [4.69, 9.17) is 10.8 Å². The molecule has 102 valence electrons. The van der Waals surface area contributed by atoms with E-state index in [0.717, 1.165) is 5.56 Å². The lowest BCUT2D eigenvalue weighted by atomic mass is 10.0. The molecule has 7 nitrogen and oxygen atoms in total. The number of carboxylic acids is 1. The molecule has 0 aromatic heterocycles. The maximum atomic E-state index is 11.5. The first-order valence-corrected chi connectivity index (χ1v) is 5.49. The topological polar surface area (TPSA) is 122 Å². The second kappa shape index (κ2) is 5.85. The minimum Gasteiger partial charge on any atom is -0.478 e. The van der Waals surface area contributed by atoms with Gasteiger partial charge >= 0.3 is 12.0 Å². The molecule has 7 heteroatoms. The molecule has 0 aliphatic heterocycles. The first-order chi connectivity index (χ1) is 8.81. The van der Waals surface area contributed by atoms with E-state index in [1.807, 2.05) is 0 Å². The van der Waals surface area contributed by atoms with Crippen molar-refractivity contribution in [3.8, 4) is 0 Å². The number of carboxylic acid groups (broad SMARTS) is 1. The summed E-state index contributed by atoms with van der Waals surface area (Å²) in [7, 11) is 0. The Morgan fingerprint density at radius 2 is 1.89 bits per heavy atom. The summed E-state index contributed by atoms with van der Waals surface area (Å²) in [5.41, 5.74) is 6.47. The third kappa shape index (κ3) is 3.98. The summed E-state index contributed by atoms with van der Waals surface area (Å²) in [6, 6.07) is 2.52. The highest BCUT2D eigenvalue weighted by molar-refractivity contribution is 6.01. The Morgan fingerprint density at radius 1 is 1.26 bits per heavy atom. The van der Waals surface area contributed by atoms with Crippen molar-refractivity contribution in [2.24, 2.45) is 5.73 Å². The summed E-state index contributed by atoms with van der Waals surface area (Å²) in [6.45, 7) is 3.12. The van der Waals surface area contributed by atoms with E-state index in [9.17, 15) is 14.4 Å². The van der Waals surface area contributed by atoms with Crippen molar-refractivity contribution < 1.29 is 19.5 Å². The van der Waals surface area contributed by atoms with E-state index in [2.05, 4.69) is 10.6 Å². The van der Waals surface area contributed by atoms with Gasteiger partial charge in [-0.25, -0.2) is 9.59 Å². The molecule has 19 heavy (non-hydrogen) atoms. The summed E-state index contributed by atoms with van der Waals surface area (Å²) in [5.74, 6) is -1.83. The molecule has 0 aliphatic rings. The zero-order valence-corrected chi connectivity index (χ0v) is 10.6. The molecule has 0 saturated carbocycles. The Labute approximate surface area is 109 Å². The molecule has 0 saturated heterocycles. The van der Waals surface area contributed by atoms with Gasteiger partial charge in [-0.3, -0.25) is 4.79 Å². The second-order valence-corrected chi connectivity index (χ2v) is 4.08. The number of urea groups is 1. The Balaban J connectivity index is 2.97. The molecule has 0 bridgehead atoms. The molecular formula is C12H15N3O4. The summed E-state index contributed by atoms with van der Waals surface area (Å²) in [4.78, 5) is 33.2. The standard InChI is InChI=1S/C12H15N3O4/c1-6-3-7(2)10(8(4-6)11(17)18)15-12(19)14-5-9(13)16/h3-4H,5H2,1-2H3,(H2,13,16)(H,17,18)(H2,14,15,19). The molecule has 1 aromatic carbocycles. The normalized spacial score (nSPS) is 9.79. The number of nitrogens with two attached hydrogens (primary N) is 1. The summed E-state index contributed by atoms with van der Waals surface area (Å²) >= 11 is 0. The molecule has 3 amide bonds. The zero-order valence-electron chi connectivity index (χ0n) is 10.6. The van der Waals surface area contributed by atoms with E-state index in [1.165, 1.54) is 6.07 Å². The summed E-state index contributed by atoms with van der Waals surface area (Å²) in [6.07, 6.45) is 0. The van der Waals surface area contributed by atoms with Crippen molar-refractivity contribution in [2.75, 3.05) is 11.9 Å². The number of primary amides is 1. The lowest BCUT2D eigenvalue weighted by molar-refractivity contribution is -0.117. The highest BCUT2D eigenvalue weighted by atomic mass is 16.4. The van der Waals surface area contributed by atoms with Crippen LogP contribution in [-0.2, 0) is 4.79 Å². The first kappa shape index (κ1) is 14.5. The van der Waals surface area contributed by atoms with Gasteiger partial charge in [0.2, 0.25) is 5.91 Å². The van der Waals surface area contributed by atoms with Crippen LogP contribution in [-0.4, -0.2) is 29.6 Å². The van der Waals surface area contributed by atoms with Crippen LogP contribution in [0.1, 0.15) is 21.5 Å². The number of nitrogens with one attached hydrogen (secondary N) is 2. The van der Waals surface area contributed by atoms with Crippen LogP contribution in [0.3, 0.4) is 0 Å². The van der Waals surface area contributed by atoms with E-state index in [0.29, 0.717) is 5.56 Å². The van der Waals surface area contributed by atoms with Crippen LogP contribution in [0.2, 0.25) is 0 Å². The maximum absolute atomic E-state index is 11.5. The van der Waals surface area contributed by atoms with Gasteiger partial charge in [0, 0.05) is 0 Å². The van der Waals surface area contributed by atoms with Crippen LogP contribution in [0.5, 0.6) is 0 Å². The van der Waals surface area contributed by atoms with E-state index < -0.39 is 17.9 Å². The van der Waals surface area contributed by atoms with Crippen molar-refractivity contribution >= 4 is 23.6 Å². The van der Waals surface area contributed by atoms with Gasteiger partial charge in [-0.15, -0.1) is 0 Å². The number of anilines is 1. The lowest BCUT2D eigenvalue weighted by Gasteiger charge is -2.13. The van der Waals surface area contributed by atoms with E-state index in [1.54, 1.807) is 19.9 Å². The number of carbonyl (C=O) groups is 3. The van der Waals surface area contributed by atoms with Gasteiger partial charge in [0.15, 0.2) is 0 Å². The fourth-order valence-corrected chi connectivity index (χ4v) is 1.63. The van der Waals surface area contributed by atoms with Gasteiger partial charge in [0.25, 0.3) is 0 Å². The molecule has 0 fully saturated rings. The molecule has 0 heterocycles. The third-order valence-corrected chi connectivity index (χ3v) is 2.37. The van der Waals surface area contributed by atoms with Crippen molar-refractivity contribution in [2.45, 2.75) is 13.8 Å². The lowest BCUT2D eigenvalue weighted by Crippen LogP contribution is -2.36. The minimum absolute atomic E-state index is 0.00766. The Morgan fingerprint density at radius 3 is 2.42 bits per heavy atom. The Hall–Kier alpha value is -2.57. The third-order valence-electron chi connectivity index (χ3n) is 2.37. The maximum Gasteiger partial charge on any atom is 0.337 e. The molecule has 0 atom stereocenters. The number of carbonyl (C=O) groups excluding carboxylic acids is 2. The number of hydrogen-bond acceptors (Lipinski definition) is 3. The van der Waals surface area contributed by atoms with Crippen molar-refractivity contribution in [1.29, 1.82) is 0 Å². The van der Waals surface area contributed by atoms with Crippen molar-refractivity contribution in [3.63, 3.8) is 0 Å². The van der Waals surface area contributed by atoms with Gasteiger partial charge in [-0.1, -0.05) is 6.07 Å². The van der Waals surface area contributed by atoms with Gasteiger partial charge in [0.05, 0.1) is 17.8 Å². The van der Waals surface area contributed by atoms with Crippen LogP contribution in [0.15, 0.2) is 12.1 Å². The molecule has 1 rings (SSSR count). The fourth-order valence-electron chi connectivity index (χ4n) is 1.63. The van der Waals surface area contributed by atoms with Crippen molar-refractivity contribution in [3.05, 3.63) is 28.8 Å². The highest BCUT2D eigenvalue weighted by Crippen LogP contribution is 2.22. The van der Waals surface area contributed by atoms with Crippen LogP contribution in [0.4, 0.5) is 10.5 Å². The molecule has 0 unspecified atom stereocenters. The van der Waals surface area contributed by atoms with Crippen LogP contribution >= 0.6 is 0 Å². The molecule has 0 radical (unpaired) electrons. The fraction of sp³-hybridized carbons (Fsp3) is 0.250. The van der Waals surface area contributed by atoms with Crippen LogP contribution in [0.25, 0.3) is 0 Å². The van der Waals surface area contributed by atoms with Crippen molar-refractivity contribution in [1.82, 2.24) is 5.32 Å². The Bertz CT molecular complexity index is 540. The second-order valence-electron chi connectivity index (χ2n) is 4.08. The van der Waals surface area contributed by atoms with E-state index >= 15 is 0 Å². The number of amides is 3. The number of aromatic carboxylic acids is 1. The molecule has 5 N–H and O–H groups in total. The molecule has 0 aliphatic carbocycles. The SMILES string of the molecule is Cc1cc(C)c(NC(=O)NCC(N)=O)c(C(=O)O)c1. The zero-order chi connectivity index (χ0) is 14.6. The minimum atomic E-state index is -1.14.